The molecule has 7 atom stereocenters. The monoisotopic (exact) mass is 958 g/mol. The molecule has 1 heterocycles. The molecule has 0 saturated carbocycles. The summed E-state index contributed by atoms with van der Waals surface area (Å²) < 4.78 is 0. The number of nitrogens with one attached hydrogen (secondary N) is 9. The maximum atomic E-state index is 14.0. The maximum Gasteiger partial charge on any atom is 0.244 e. The predicted octanol–water partition coefficient (Wildman–Crippen LogP) is -4.52. The maximum absolute atomic E-state index is 14.0. The summed E-state index contributed by atoms with van der Waals surface area (Å²) in [7, 11) is 0. The van der Waals surface area contributed by atoms with Gasteiger partial charge in [-0.25, -0.2) is 0 Å². The molecular weight excluding hydrogens is 893 g/mol. The Morgan fingerprint density at radius 3 is 1.94 bits per heavy atom. The highest BCUT2D eigenvalue weighted by Gasteiger charge is 2.35. The van der Waals surface area contributed by atoms with Crippen molar-refractivity contribution in [3.63, 3.8) is 0 Å². The van der Waals surface area contributed by atoms with E-state index in [1.165, 1.54) is 24.3 Å². The van der Waals surface area contributed by atoms with Gasteiger partial charge < -0.3 is 70.2 Å². The van der Waals surface area contributed by atoms with Gasteiger partial charge in [0, 0.05) is 45.2 Å². The normalized spacial score (nSPS) is 20.9. The number of hydrogen-bond acceptors (Lipinski definition) is 13. The van der Waals surface area contributed by atoms with Crippen molar-refractivity contribution in [1.29, 1.82) is 0 Å². The van der Waals surface area contributed by atoms with Gasteiger partial charge >= 0.3 is 0 Å². The predicted molar refractivity (Wildman–Crippen MR) is 241 cm³/mol. The number of carbonyl (C=O) groups excluding carboxylic acids is 12. The van der Waals surface area contributed by atoms with Gasteiger partial charge in [0.05, 0.1) is 13.0 Å². The number of nitrogens with two attached hydrogens (primary N) is 3. The summed E-state index contributed by atoms with van der Waals surface area (Å²) in [5, 5.41) is 32.1. The van der Waals surface area contributed by atoms with E-state index in [-0.39, 0.29) is 43.9 Å². The second-order valence-corrected chi connectivity index (χ2v) is 16.9. The van der Waals surface area contributed by atoms with Crippen LogP contribution in [0, 0.1) is 11.8 Å². The summed E-state index contributed by atoms with van der Waals surface area (Å²) in [6.45, 7) is 5.79. The lowest BCUT2D eigenvalue weighted by Crippen LogP contribution is -2.61. The molecule has 16 N–H and O–H groups in total. The number of benzene rings is 1. The zero-order chi connectivity index (χ0) is 51.1. The van der Waals surface area contributed by atoms with Gasteiger partial charge in [0.15, 0.2) is 0 Å². The first-order valence-corrected chi connectivity index (χ1v) is 22.2. The van der Waals surface area contributed by atoms with Crippen LogP contribution in [0.3, 0.4) is 0 Å². The molecule has 1 aromatic carbocycles. The lowest BCUT2D eigenvalue weighted by Gasteiger charge is -2.29. The molecule has 0 spiro atoms. The Hall–Kier alpha value is -7.34. The fraction of sp³-hybridized carbons (Fsp3) is 0.581. The molecule has 1 saturated heterocycles. The van der Waals surface area contributed by atoms with Crippen molar-refractivity contribution in [2.24, 2.45) is 29.0 Å². The summed E-state index contributed by atoms with van der Waals surface area (Å²) in [6, 6.07) is -2.90. The van der Waals surface area contributed by atoms with Crippen LogP contribution in [-0.2, 0) is 64.0 Å². The smallest absolute Gasteiger partial charge is 0.244 e. The van der Waals surface area contributed by atoms with Crippen molar-refractivity contribution < 1.29 is 62.6 Å². The van der Waals surface area contributed by atoms with Gasteiger partial charge in [-0.15, -0.1) is 0 Å². The van der Waals surface area contributed by atoms with Crippen LogP contribution in [0.2, 0.25) is 0 Å². The molecule has 0 aliphatic carbocycles. The van der Waals surface area contributed by atoms with Crippen molar-refractivity contribution in [3.05, 3.63) is 29.8 Å². The molecule has 1 aliphatic heterocycles. The van der Waals surface area contributed by atoms with E-state index in [1.807, 2.05) is 13.8 Å². The summed E-state index contributed by atoms with van der Waals surface area (Å²) in [5.41, 5.74) is 16.4. The minimum absolute atomic E-state index is 0.0133. The number of phenols is 1. The lowest BCUT2D eigenvalue weighted by atomic mass is 9.96. The average Bonchev–Trinajstić information content (AvgIpc) is 3.26. The second kappa shape index (κ2) is 28.6. The van der Waals surface area contributed by atoms with Gasteiger partial charge in [-0.3, -0.25) is 57.5 Å². The van der Waals surface area contributed by atoms with Crippen LogP contribution in [0.5, 0.6) is 5.75 Å². The van der Waals surface area contributed by atoms with E-state index in [0.29, 0.717) is 12.0 Å². The molecule has 2 rings (SSSR count). The largest absolute Gasteiger partial charge is 0.508 e. The Kier molecular flexibility index (Phi) is 23.9. The standard InChI is InChI=1S/C43H66N12O13/c1-5-23(4)37-43(68)52-26(12-13-31(44)57)40(65)53-29(19-32(45)58)41(66)54-30(39(64)47-16-6-7-35(61)50-27(17-22(2)3)38(63)49-21-33(46)59)20-48-34(60)14-15-36(62)51-28(42(67)55-37)18-24-8-10-25(56)11-9-24/h8-11,22-23,26-30,37,56H,5-7,12-21H2,1-4H3,(H2,44,57)(H2,45,58)(H2,46,59)(H,47,64)(H,48,60)(H,49,63)(H,50,61)(H,51,62)(H,52,68)(H,53,65)(H,54,66)(H,55,67)/t23-,26-,27-,28-,29-,30-,37-/m0/s1. The lowest BCUT2D eigenvalue weighted by molar-refractivity contribution is -0.136. The molecular formula is C43H66N12O13. The SMILES string of the molecule is CC[C@H](C)[C@@H]1NC(=O)[C@H](Cc2ccc(O)cc2)NC(=O)CCC(=O)NC[C@@H](C(=O)NCCCC(=O)N[C@@H](CC(C)C)C(=O)NCC(N)=O)NC(=O)[C@H](CC(N)=O)NC(=O)[C@H](CCC(N)=O)NC1=O. The Bertz CT molecular complexity index is 2000. The molecule has 0 unspecified atom stereocenters. The highest BCUT2D eigenvalue weighted by molar-refractivity contribution is 5.98. The molecule has 1 aliphatic rings. The van der Waals surface area contributed by atoms with Crippen LogP contribution in [0.1, 0.15) is 91.0 Å². The highest BCUT2D eigenvalue weighted by atomic mass is 16.3. The Morgan fingerprint density at radius 2 is 1.34 bits per heavy atom. The third-order valence-corrected chi connectivity index (χ3v) is 10.6. The Labute approximate surface area is 393 Å². The van der Waals surface area contributed by atoms with Gasteiger partial charge in [-0.2, -0.15) is 0 Å². The molecule has 0 bridgehead atoms. The molecule has 0 aromatic heterocycles. The van der Waals surface area contributed by atoms with Gasteiger partial charge in [0.1, 0.15) is 42.0 Å². The quantitative estimate of drug-likeness (QED) is 0.0549. The Morgan fingerprint density at radius 1 is 0.721 bits per heavy atom. The number of hydrogen-bond donors (Lipinski definition) is 13. The van der Waals surface area contributed by atoms with Crippen LogP contribution >= 0.6 is 0 Å². The average molecular weight is 959 g/mol. The first-order valence-electron chi connectivity index (χ1n) is 22.2. The van der Waals surface area contributed by atoms with E-state index >= 15 is 0 Å². The zero-order valence-corrected chi connectivity index (χ0v) is 38.7. The number of rotatable bonds is 20. The number of primary amides is 3. The van der Waals surface area contributed by atoms with Gasteiger partial charge in [-0.1, -0.05) is 46.2 Å². The van der Waals surface area contributed by atoms with Crippen LogP contribution in [0.25, 0.3) is 0 Å². The first-order chi connectivity index (χ1) is 32.0. The van der Waals surface area contributed by atoms with E-state index < -0.39 is 158 Å². The number of amides is 12. The molecule has 25 nitrogen and oxygen atoms in total. The van der Waals surface area contributed by atoms with Crippen molar-refractivity contribution >= 4 is 70.9 Å². The van der Waals surface area contributed by atoms with Crippen LogP contribution < -0.4 is 65.1 Å². The van der Waals surface area contributed by atoms with E-state index in [1.54, 1.807) is 13.8 Å². The zero-order valence-electron chi connectivity index (χ0n) is 38.7. The minimum Gasteiger partial charge on any atom is -0.508 e. The third-order valence-electron chi connectivity index (χ3n) is 10.6. The molecule has 12 amide bonds. The molecule has 1 aromatic rings. The fourth-order valence-electron chi connectivity index (χ4n) is 6.66. The van der Waals surface area contributed by atoms with Crippen LogP contribution in [0.15, 0.2) is 24.3 Å². The summed E-state index contributed by atoms with van der Waals surface area (Å²) in [6.07, 6.45) is -2.36. The highest BCUT2D eigenvalue weighted by Crippen LogP contribution is 2.14. The second-order valence-electron chi connectivity index (χ2n) is 16.9. The topological polar surface area (TPSA) is 411 Å². The van der Waals surface area contributed by atoms with E-state index in [2.05, 4.69) is 47.9 Å². The van der Waals surface area contributed by atoms with Crippen molar-refractivity contribution in [2.45, 2.75) is 128 Å². The van der Waals surface area contributed by atoms with Gasteiger partial charge in [0.2, 0.25) is 70.9 Å². The third kappa shape index (κ3) is 21.3. The van der Waals surface area contributed by atoms with Crippen molar-refractivity contribution in [3.8, 4) is 5.75 Å². The minimum atomic E-state index is -1.79. The van der Waals surface area contributed by atoms with E-state index in [4.69, 9.17) is 17.2 Å². The van der Waals surface area contributed by atoms with E-state index in [0.717, 1.165) is 0 Å². The van der Waals surface area contributed by atoms with Crippen molar-refractivity contribution in [2.75, 3.05) is 19.6 Å². The number of aromatic hydroxyl groups is 1. The summed E-state index contributed by atoms with van der Waals surface area (Å²) in [4.78, 5) is 156. The molecule has 0 radical (unpaired) electrons. The molecule has 376 valence electrons. The first kappa shape index (κ1) is 56.8. The number of phenolic OH excluding ortho intramolecular Hbond substituents is 1. The molecule has 68 heavy (non-hydrogen) atoms. The summed E-state index contributed by atoms with van der Waals surface area (Å²) >= 11 is 0. The van der Waals surface area contributed by atoms with Crippen LogP contribution in [-0.4, -0.2) is 132 Å². The summed E-state index contributed by atoms with van der Waals surface area (Å²) in [5.74, 6) is -11.0. The van der Waals surface area contributed by atoms with E-state index in [9.17, 15) is 62.6 Å². The Balaban J connectivity index is 2.45. The van der Waals surface area contributed by atoms with Gasteiger partial charge in [-0.05, 0) is 48.8 Å². The molecule has 25 heteroatoms. The van der Waals surface area contributed by atoms with Crippen molar-refractivity contribution in [1.82, 2.24) is 47.9 Å². The fourth-order valence-corrected chi connectivity index (χ4v) is 6.66. The van der Waals surface area contributed by atoms with Crippen LogP contribution in [0.4, 0.5) is 0 Å². The molecule has 1 fully saturated rings. The number of carbonyl (C=O) groups is 12. The van der Waals surface area contributed by atoms with Gasteiger partial charge in [0.25, 0.3) is 0 Å².